The van der Waals surface area contributed by atoms with E-state index in [4.69, 9.17) is 0 Å². The second-order valence-corrected chi connectivity index (χ2v) is 5.52. The van der Waals surface area contributed by atoms with E-state index in [0.29, 0.717) is 0 Å². The molecular formula is C15H16N4S. The third-order valence-electron chi connectivity index (χ3n) is 3.42. The van der Waals surface area contributed by atoms with Crippen LogP contribution in [-0.2, 0) is 0 Å². The lowest BCUT2D eigenvalue weighted by atomic mass is 9.99. The van der Waals surface area contributed by atoms with Crippen LogP contribution in [0.4, 0.5) is 5.82 Å². The van der Waals surface area contributed by atoms with Crippen molar-refractivity contribution < 1.29 is 0 Å². The Morgan fingerprint density at radius 3 is 2.85 bits per heavy atom. The molecule has 0 bridgehead atoms. The fraction of sp³-hybridized carbons (Fsp3) is 0.267. The zero-order valence-corrected chi connectivity index (χ0v) is 12.3. The van der Waals surface area contributed by atoms with Crippen LogP contribution in [0.1, 0.15) is 30.5 Å². The van der Waals surface area contributed by atoms with Gasteiger partial charge in [0.2, 0.25) is 0 Å². The maximum Gasteiger partial charge on any atom is 0.157 e. The molecule has 0 saturated carbocycles. The highest BCUT2D eigenvalue weighted by atomic mass is 32.1. The Labute approximate surface area is 121 Å². The van der Waals surface area contributed by atoms with Crippen LogP contribution in [0.15, 0.2) is 36.1 Å². The molecule has 0 aliphatic carbocycles. The summed E-state index contributed by atoms with van der Waals surface area (Å²) >= 11 is 1.53. The van der Waals surface area contributed by atoms with Crippen molar-refractivity contribution in [2.75, 3.05) is 5.32 Å². The Balaban J connectivity index is 1.96. The molecule has 1 N–H and O–H groups in total. The van der Waals surface area contributed by atoms with Gasteiger partial charge in [0.15, 0.2) is 5.82 Å². The molecule has 0 amide bonds. The molecule has 0 aliphatic rings. The molecule has 0 radical (unpaired) electrons. The Morgan fingerprint density at radius 2 is 2.05 bits per heavy atom. The summed E-state index contributed by atoms with van der Waals surface area (Å²) in [5.41, 5.74) is 5.25. The van der Waals surface area contributed by atoms with Gasteiger partial charge >= 0.3 is 0 Å². The van der Waals surface area contributed by atoms with Gasteiger partial charge in [-0.1, -0.05) is 31.2 Å². The minimum Gasteiger partial charge on any atom is -0.361 e. The average molecular weight is 284 g/mol. The van der Waals surface area contributed by atoms with Gasteiger partial charge in [0.25, 0.3) is 0 Å². The van der Waals surface area contributed by atoms with Gasteiger partial charge in [0.1, 0.15) is 16.7 Å². The summed E-state index contributed by atoms with van der Waals surface area (Å²) in [5, 5.41) is 3.51. The zero-order chi connectivity index (χ0) is 13.9. The van der Waals surface area contributed by atoms with Gasteiger partial charge < -0.3 is 5.32 Å². The van der Waals surface area contributed by atoms with E-state index in [1.54, 1.807) is 11.8 Å². The average Bonchev–Trinajstić information content (AvgIpc) is 2.95. The lowest BCUT2D eigenvalue weighted by Crippen LogP contribution is -2.12. The predicted molar refractivity (Wildman–Crippen MR) is 83.0 cm³/mol. The van der Waals surface area contributed by atoms with Crippen LogP contribution in [0, 0.1) is 6.92 Å². The molecule has 2 heterocycles. The number of benzene rings is 1. The van der Waals surface area contributed by atoms with E-state index in [2.05, 4.69) is 58.4 Å². The largest absolute Gasteiger partial charge is 0.361 e. The Kier molecular flexibility index (Phi) is 3.60. The van der Waals surface area contributed by atoms with Crippen LogP contribution >= 0.6 is 11.3 Å². The summed E-state index contributed by atoms with van der Waals surface area (Å²) in [7, 11) is 0. The van der Waals surface area contributed by atoms with Crippen molar-refractivity contribution in [2.45, 2.75) is 26.3 Å². The van der Waals surface area contributed by atoms with Crippen LogP contribution < -0.4 is 5.32 Å². The minimum atomic E-state index is 0.232. The lowest BCUT2D eigenvalue weighted by molar-refractivity contribution is 0.740. The van der Waals surface area contributed by atoms with Gasteiger partial charge in [0.05, 0.1) is 11.6 Å². The molecule has 0 fully saturated rings. The van der Waals surface area contributed by atoms with Crippen LogP contribution in [0.3, 0.4) is 0 Å². The second-order valence-electron chi connectivity index (χ2n) is 4.69. The number of anilines is 1. The highest BCUT2D eigenvalue weighted by Crippen LogP contribution is 2.28. The summed E-state index contributed by atoms with van der Waals surface area (Å²) in [6.45, 7) is 4.31. The highest BCUT2D eigenvalue weighted by molar-refractivity contribution is 7.16. The summed E-state index contributed by atoms with van der Waals surface area (Å²) < 4.78 is 0. The monoisotopic (exact) mass is 284 g/mol. The smallest absolute Gasteiger partial charge is 0.157 e. The maximum atomic E-state index is 4.35. The third-order valence-corrected chi connectivity index (χ3v) is 4.15. The first-order valence-electron chi connectivity index (χ1n) is 6.66. The number of rotatable bonds is 4. The van der Waals surface area contributed by atoms with Crippen molar-refractivity contribution >= 4 is 27.5 Å². The molecule has 102 valence electrons. The van der Waals surface area contributed by atoms with Crippen molar-refractivity contribution in [2.24, 2.45) is 0 Å². The van der Waals surface area contributed by atoms with E-state index in [0.717, 1.165) is 22.6 Å². The normalized spacial score (nSPS) is 12.5. The molecule has 3 aromatic rings. The predicted octanol–water partition coefficient (Wildman–Crippen LogP) is 3.96. The van der Waals surface area contributed by atoms with Crippen LogP contribution in [-0.4, -0.2) is 15.0 Å². The first-order chi connectivity index (χ1) is 9.79. The fourth-order valence-corrected chi connectivity index (χ4v) is 2.97. The van der Waals surface area contributed by atoms with Gasteiger partial charge in [-0.2, -0.15) is 0 Å². The van der Waals surface area contributed by atoms with Crippen molar-refractivity contribution in [1.29, 1.82) is 0 Å². The summed E-state index contributed by atoms with van der Waals surface area (Å²) in [6, 6.07) is 8.67. The summed E-state index contributed by atoms with van der Waals surface area (Å²) in [6.07, 6.45) is 2.58. The fourth-order valence-electron chi connectivity index (χ4n) is 2.34. The molecule has 0 aliphatic heterocycles. The molecule has 20 heavy (non-hydrogen) atoms. The molecule has 4 nitrogen and oxygen atoms in total. The number of aromatic nitrogens is 3. The maximum absolute atomic E-state index is 4.35. The van der Waals surface area contributed by atoms with Gasteiger partial charge in [0, 0.05) is 0 Å². The number of fused-ring (bicyclic) bond motifs is 1. The van der Waals surface area contributed by atoms with Crippen molar-refractivity contribution in [1.82, 2.24) is 15.0 Å². The van der Waals surface area contributed by atoms with Crippen molar-refractivity contribution in [3.63, 3.8) is 0 Å². The topological polar surface area (TPSA) is 50.7 Å². The summed E-state index contributed by atoms with van der Waals surface area (Å²) in [5.74, 6) is 0.811. The van der Waals surface area contributed by atoms with Crippen molar-refractivity contribution in [3.8, 4) is 0 Å². The Hall–Kier alpha value is -2.01. The lowest BCUT2D eigenvalue weighted by Gasteiger charge is -2.20. The van der Waals surface area contributed by atoms with Crippen LogP contribution in [0.25, 0.3) is 10.3 Å². The van der Waals surface area contributed by atoms with E-state index in [-0.39, 0.29) is 6.04 Å². The molecule has 0 saturated heterocycles. The quantitative estimate of drug-likeness (QED) is 0.788. The highest BCUT2D eigenvalue weighted by Gasteiger charge is 2.14. The van der Waals surface area contributed by atoms with Gasteiger partial charge in [-0.15, -0.1) is 11.3 Å². The number of hydrogen-bond acceptors (Lipinski definition) is 5. The minimum absolute atomic E-state index is 0.232. The van der Waals surface area contributed by atoms with Gasteiger partial charge in [-0.05, 0) is 24.5 Å². The molecular weight excluding hydrogens is 268 g/mol. The molecule has 1 unspecified atom stereocenters. The standard InChI is InChI=1S/C15H16N4S/c1-3-12(11-7-5-4-6-10(11)2)19-14-13-15(17-8-16-14)20-9-18-13/h4-9,12H,3H2,1-2H3,(H,16,17,19). The molecule has 1 atom stereocenters. The number of nitrogens with zero attached hydrogens (tertiary/aromatic N) is 3. The van der Waals surface area contributed by atoms with Gasteiger partial charge in [-0.3, -0.25) is 0 Å². The first kappa shape index (κ1) is 13.0. The third kappa shape index (κ3) is 2.36. The van der Waals surface area contributed by atoms with Crippen LogP contribution in [0.5, 0.6) is 0 Å². The molecule has 3 rings (SSSR count). The van der Waals surface area contributed by atoms with E-state index in [9.17, 15) is 0 Å². The number of nitrogens with one attached hydrogen (secondary N) is 1. The Bertz CT molecular complexity index is 722. The summed E-state index contributed by atoms with van der Waals surface area (Å²) in [4.78, 5) is 13.8. The Morgan fingerprint density at radius 1 is 1.20 bits per heavy atom. The molecule has 0 spiro atoms. The zero-order valence-electron chi connectivity index (χ0n) is 11.5. The molecule has 2 aromatic heterocycles. The van der Waals surface area contributed by atoms with E-state index < -0.39 is 0 Å². The SMILES string of the molecule is CCC(Nc1ncnc2scnc12)c1ccccc1C. The van der Waals surface area contributed by atoms with Crippen LogP contribution in [0.2, 0.25) is 0 Å². The van der Waals surface area contributed by atoms with Gasteiger partial charge in [-0.25, -0.2) is 15.0 Å². The second kappa shape index (κ2) is 5.54. The number of thiazole rings is 1. The van der Waals surface area contributed by atoms with E-state index in [1.807, 2.05) is 0 Å². The number of hydrogen-bond donors (Lipinski definition) is 1. The van der Waals surface area contributed by atoms with E-state index >= 15 is 0 Å². The first-order valence-corrected chi connectivity index (χ1v) is 7.53. The molecule has 5 heteroatoms. The van der Waals surface area contributed by atoms with Crippen molar-refractivity contribution in [3.05, 3.63) is 47.2 Å². The van der Waals surface area contributed by atoms with E-state index in [1.165, 1.54) is 22.5 Å². The number of aryl methyl sites for hydroxylation is 1. The molecule has 1 aromatic carbocycles.